The van der Waals surface area contributed by atoms with Gasteiger partial charge in [-0.3, -0.25) is 14.5 Å². The molecule has 0 unspecified atom stereocenters. The zero-order chi connectivity index (χ0) is 31.7. The molecule has 4 aromatic carbocycles. The molecule has 8 heteroatoms. The molecule has 1 fully saturated rings. The first-order chi connectivity index (χ1) is 21.7. The van der Waals surface area contributed by atoms with Gasteiger partial charge in [0.1, 0.15) is 0 Å². The lowest BCUT2D eigenvalue weighted by Gasteiger charge is -2.31. The third-order valence-corrected chi connectivity index (χ3v) is 12.0. The molecule has 6 rings (SSSR count). The number of aliphatic hydroxyl groups is 1. The van der Waals surface area contributed by atoms with Gasteiger partial charge in [-0.2, -0.15) is 0 Å². The maximum Gasteiger partial charge on any atom is 0.263 e. The van der Waals surface area contributed by atoms with Gasteiger partial charge in [0.2, 0.25) is 5.91 Å². The summed E-state index contributed by atoms with van der Waals surface area (Å²) in [6, 6.07) is 29.8. The third-order valence-electron chi connectivity index (χ3n) is 9.48. The number of amides is 2. The van der Waals surface area contributed by atoms with Crippen molar-refractivity contribution in [1.82, 2.24) is 4.90 Å². The highest BCUT2D eigenvalue weighted by molar-refractivity contribution is 6.71. The number of nitrogens with zero attached hydrogens (tertiary/aromatic N) is 2. The smallest absolute Gasteiger partial charge is 0.263 e. The van der Waals surface area contributed by atoms with E-state index in [9.17, 15) is 19.5 Å². The van der Waals surface area contributed by atoms with Gasteiger partial charge in [0, 0.05) is 29.7 Å². The van der Waals surface area contributed by atoms with E-state index in [1.807, 2.05) is 92.0 Å². The van der Waals surface area contributed by atoms with Crippen molar-refractivity contribution in [1.29, 1.82) is 0 Å². The molecule has 0 spiro atoms. The monoisotopic (exact) mass is 622 g/mol. The van der Waals surface area contributed by atoms with E-state index < -0.39 is 8.32 Å². The van der Waals surface area contributed by atoms with E-state index in [2.05, 4.69) is 19.1 Å². The number of benzene rings is 4. The molecule has 0 bridgehead atoms. The molecule has 0 aliphatic carbocycles. The number of carbonyl (C=O) groups is 2. The Bertz CT molecular complexity index is 1680. The van der Waals surface area contributed by atoms with E-state index in [1.54, 1.807) is 9.80 Å². The van der Waals surface area contributed by atoms with E-state index in [0.717, 1.165) is 51.7 Å². The fraction of sp³-hybridized carbons (Fsp3) is 0.351. The van der Waals surface area contributed by atoms with E-state index in [0.29, 0.717) is 6.54 Å². The van der Waals surface area contributed by atoms with Crippen LogP contribution in [0.25, 0.3) is 10.8 Å². The SMILES string of the molecule is C[C@@H]1[C@@H]([Si](C)(C)O)[C@H](CC(=O)N(CCO)Cc2ccccc2)O[C@@H]1CCc1cccc(N2C(=O)c3cccc4cccc2c34)c1. The second kappa shape index (κ2) is 12.9. The zero-order valence-corrected chi connectivity index (χ0v) is 27.2. The second-order valence-electron chi connectivity index (χ2n) is 13.0. The van der Waals surface area contributed by atoms with Crippen molar-refractivity contribution in [3.05, 3.63) is 108 Å². The van der Waals surface area contributed by atoms with Crippen LogP contribution >= 0.6 is 0 Å². The molecule has 4 aromatic rings. The Balaban J connectivity index is 1.16. The molecule has 0 radical (unpaired) electrons. The quantitative estimate of drug-likeness (QED) is 0.188. The molecule has 45 heavy (non-hydrogen) atoms. The zero-order valence-electron chi connectivity index (χ0n) is 26.2. The maximum atomic E-state index is 13.5. The molecule has 2 amide bonds. The summed E-state index contributed by atoms with van der Waals surface area (Å²) < 4.78 is 6.61. The van der Waals surface area contributed by atoms with Crippen molar-refractivity contribution >= 4 is 42.3 Å². The number of hydrogen-bond acceptors (Lipinski definition) is 5. The lowest BCUT2D eigenvalue weighted by molar-refractivity contribution is -0.135. The Morgan fingerprint density at radius 3 is 2.38 bits per heavy atom. The average Bonchev–Trinajstić information content (AvgIpc) is 3.50. The van der Waals surface area contributed by atoms with Crippen molar-refractivity contribution in [2.24, 2.45) is 5.92 Å². The van der Waals surface area contributed by atoms with Gasteiger partial charge in [-0.15, -0.1) is 0 Å². The Morgan fingerprint density at radius 2 is 1.64 bits per heavy atom. The normalized spacial score (nSPS) is 21.1. The molecular weight excluding hydrogens is 581 g/mol. The molecule has 0 aromatic heterocycles. The van der Waals surface area contributed by atoms with Gasteiger partial charge in [0.25, 0.3) is 5.91 Å². The van der Waals surface area contributed by atoms with Gasteiger partial charge in [-0.25, -0.2) is 0 Å². The van der Waals surface area contributed by atoms with Crippen LogP contribution in [0, 0.1) is 5.92 Å². The topological polar surface area (TPSA) is 90.3 Å². The maximum absolute atomic E-state index is 13.5. The summed E-state index contributed by atoms with van der Waals surface area (Å²) in [5, 5.41) is 11.7. The van der Waals surface area contributed by atoms with Crippen LogP contribution in [0.4, 0.5) is 11.4 Å². The number of ether oxygens (including phenoxy) is 1. The number of anilines is 2. The van der Waals surface area contributed by atoms with Crippen molar-refractivity contribution in [3.63, 3.8) is 0 Å². The summed E-state index contributed by atoms with van der Waals surface area (Å²) in [5.41, 5.74) is 4.50. The molecule has 234 valence electrons. The number of carbonyl (C=O) groups excluding carboxylic acids is 2. The van der Waals surface area contributed by atoms with Gasteiger partial charge in [0.15, 0.2) is 8.32 Å². The second-order valence-corrected chi connectivity index (χ2v) is 17.0. The Kier molecular flexibility index (Phi) is 8.93. The summed E-state index contributed by atoms with van der Waals surface area (Å²) in [7, 11) is -2.67. The highest BCUT2D eigenvalue weighted by atomic mass is 28.4. The van der Waals surface area contributed by atoms with E-state index in [4.69, 9.17) is 4.74 Å². The molecule has 2 N–H and O–H groups in total. The van der Waals surface area contributed by atoms with Crippen LogP contribution in [0.3, 0.4) is 0 Å². The van der Waals surface area contributed by atoms with Crippen molar-refractivity contribution < 1.29 is 24.2 Å². The molecule has 7 nitrogen and oxygen atoms in total. The Labute approximate surface area is 266 Å². The number of rotatable bonds is 11. The van der Waals surface area contributed by atoms with Crippen molar-refractivity contribution in [2.75, 3.05) is 18.1 Å². The highest BCUT2D eigenvalue weighted by Gasteiger charge is 2.50. The average molecular weight is 623 g/mol. The van der Waals surface area contributed by atoms with Gasteiger partial charge in [-0.05, 0) is 72.6 Å². The third kappa shape index (κ3) is 6.33. The van der Waals surface area contributed by atoms with Crippen molar-refractivity contribution in [3.8, 4) is 0 Å². The van der Waals surface area contributed by atoms with Crippen LogP contribution in [0.15, 0.2) is 91.0 Å². The minimum Gasteiger partial charge on any atom is -0.432 e. The van der Waals surface area contributed by atoms with Crippen LogP contribution in [0.5, 0.6) is 0 Å². The van der Waals surface area contributed by atoms with E-state index in [-0.39, 0.29) is 55.1 Å². The molecule has 0 saturated carbocycles. The van der Waals surface area contributed by atoms with Gasteiger partial charge in [0.05, 0.1) is 36.5 Å². The Hall–Kier alpha value is -3.82. The first kappa shape index (κ1) is 31.2. The van der Waals surface area contributed by atoms with Gasteiger partial charge >= 0.3 is 0 Å². The minimum atomic E-state index is -2.67. The van der Waals surface area contributed by atoms with Gasteiger partial charge < -0.3 is 19.5 Å². The van der Waals surface area contributed by atoms with Crippen LogP contribution in [0.2, 0.25) is 18.6 Å². The lowest BCUT2D eigenvalue weighted by Crippen LogP contribution is -2.42. The predicted molar refractivity (Wildman–Crippen MR) is 180 cm³/mol. The predicted octanol–water partition coefficient (Wildman–Crippen LogP) is 6.45. The van der Waals surface area contributed by atoms with E-state index >= 15 is 0 Å². The molecule has 1 saturated heterocycles. The largest absolute Gasteiger partial charge is 0.432 e. The first-order valence-electron chi connectivity index (χ1n) is 15.9. The number of aliphatic hydroxyl groups excluding tert-OH is 1. The standard InChI is InChI=1S/C37H42N2O5Si/c1-25-32(44-33(36(25)45(2,3)43)23-34(41)38(20-21-40)24-27-10-5-4-6-11-27)19-18-26-12-7-15-29(22-26)39-31-17-9-14-28-13-8-16-30(35(28)31)37(39)42/h4-17,22,25,32-33,36,40,43H,18-21,23-24H2,1-3H3/t25-,32+,33-,36+/m0/s1. The fourth-order valence-corrected chi connectivity index (χ4v) is 10.1. The molecule has 4 atom stereocenters. The summed E-state index contributed by atoms with van der Waals surface area (Å²) in [4.78, 5) is 41.8. The summed E-state index contributed by atoms with van der Waals surface area (Å²) in [6.45, 7) is 6.56. The molecule has 2 aliphatic heterocycles. The molecule has 2 heterocycles. The fourth-order valence-electron chi connectivity index (χ4n) is 7.46. The van der Waals surface area contributed by atoms with Crippen molar-refractivity contribution in [2.45, 2.75) is 63.6 Å². The minimum absolute atomic E-state index is 0.0142. The summed E-state index contributed by atoms with van der Waals surface area (Å²) >= 11 is 0. The number of aryl methyl sites for hydroxylation is 1. The Morgan fingerprint density at radius 1 is 0.933 bits per heavy atom. The molecule has 2 aliphatic rings. The van der Waals surface area contributed by atoms with Crippen LogP contribution < -0.4 is 4.90 Å². The van der Waals surface area contributed by atoms with E-state index in [1.165, 1.54) is 0 Å². The van der Waals surface area contributed by atoms with Crippen LogP contribution in [0.1, 0.15) is 41.3 Å². The summed E-state index contributed by atoms with van der Waals surface area (Å²) in [5.74, 6) is -0.00184. The summed E-state index contributed by atoms with van der Waals surface area (Å²) in [6.07, 6.45) is 1.17. The lowest BCUT2D eigenvalue weighted by atomic mass is 9.95. The van der Waals surface area contributed by atoms with Gasteiger partial charge in [-0.1, -0.05) is 73.7 Å². The molecular formula is C37H42N2O5Si. The van der Waals surface area contributed by atoms with Crippen LogP contribution in [-0.2, 0) is 22.5 Å². The van der Waals surface area contributed by atoms with Crippen LogP contribution in [-0.4, -0.2) is 60.3 Å². The number of hydrogen-bond donors (Lipinski definition) is 2. The first-order valence-corrected chi connectivity index (χ1v) is 18.9. The highest BCUT2D eigenvalue weighted by Crippen LogP contribution is 2.46.